The molecule has 172 valence electrons. The first-order chi connectivity index (χ1) is 15.9. The lowest BCUT2D eigenvalue weighted by molar-refractivity contribution is -0.136. The highest BCUT2D eigenvalue weighted by Crippen LogP contribution is 2.38. The highest BCUT2D eigenvalue weighted by Gasteiger charge is 2.50. The summed E-state index contributed by atoms with van der Waals surface area (Å²) in [7, 11) is -2.62. The number of allylic oxidation sites excluding steroid dienone is 2. The smallest absolute Gasteiger partial charge is 0.261 e. The Labute approximate surface area is 199 Å². The third kappa shape index (κ3) is 4.55. The van der Waals surface area contributed by atoms with E-state index in [1.54, 1.807) is 0 Å². The molecule has 0 fully saturated rings. The lowest BCUT2D eigenvalue weighted by Gasteiger charge is -2.43. The minimum absolute atomic E-state index is 0.0794. The molecule has 0 bridgehead atoms. The molecule has 0 unspecified atom stereocenters. The third-order valence-electron chi connectivity index (χ3n) is 6.86. The van der Waals surface area contributed by atoms with Crippen LogP contribution in [0.5, 0.6) is 0 Å². The predicted octanol–water partition coefficient (Wildman–Crippen LogP) is 4.85. The summed E-state index contributed by atoms with van der Waals surface area (Å²) in [6.45, 7) is 8.77. The van der Waals surface area contributed by atoms with Gasteiger partial charge in [0.25, 0.3) is 8.32 Å². The molecular weight excluding hydrogens is 422 g/mol. The van der Waals surface area contributed by atoms with Crippen LogP contribution in [-0.2, 0) is 9.22 Å². The predicted molar refractivity (Wildman–Crippen MR) is 139 cm³/mol. The number of nitrogens with zero attached hydrogens (tertiary/aromatic N) is 1. The van der Waals surface area contributed by atoms with Crippen LogP contribution in [-0.4, -0.2) is 38.8 Å². The van der Waals surface area contributed by atoms with Gasteiger partial charge < -0.3 is 9.33 Å². The summed E-state index contributed by atoms with van der Waals surface area (Å²) in [6.07, 6.45) is 14.1. The van der Waals surface area contributed by atoms with E-state index in [0.717, 1.165) is 6.42 Å². The van der Waals surface area contributed by atoms with Crippen molar-refractivity contribution in [3.8, 4) is 0 Å². The second-order valence-electron chi connectivity index (χ2n) is 10.0. The number of hydrogen-bond acceptors (Lipinski definition) is 2. The molecule has 1 aliphatic carbocycles. The number of rotatable bonds is 7. The van der Waals surface area contributed by atoms with E-state index in [-0.39, 0.29) is 10.9 Å². The number of hydrogen-bond donors (Lipinski definition) is 0. The Bertz CT molecular complexity index is 975. The van der Waals surface area contributed by atoms with Gasteiger partial charge in [-0.05, 0) is 28.3 Å². The van der Waals surface area contributed by atoms with Gasteiger partial charge in [0, 0.05) is 19.7 Å². The highest BCUT2D eigenvalue weighted by atomic mass is 28.4. The summed E-state index contributed by atoms with van der Waals surface area (Å²) in [5.74, 6) is 0.172. The van der Waals surface area contributed by atoms with Crippen molar-refractivity contribution in [1.29, 1.82) is 0 Å². The van der Waals surface area contributed by atoms with Gasteiger partial charge in [-0.3, -0.25) is 4.79 Å². The first-order valence-electron chi connectivity index (χ1n) is 11.9. The zero-order valence-electron chi connectivity index (χ0n) is 20.0. The van der Waals surface area contributed by atoms with Gasteiger partial charge in [-0.1, -0.05) is 118 Å². The highest BCUT2D eigenvalue weighted by molar-refractivity contribution is 6.99. The zero-order chi connectivity index (χ0) is 23.4. The minimum Gasteiger partial charge on any atom is -0.407 e. The summed E-state index contributed by atoms with van der Waals surface area (Å²) in [6, 6.07) is 21.4. The van der Waals surface area contributed by atoms with Crippen LogP contribution in [0.15, 0.2) is 97.1 Å². The average molecular weight is 458 g/mol. The largest absolute Gasteiger partial charge is 0.407 e. The van der Waals surface area contributed by atoms with E-state index in [2.05, 4.69) is 118 Å². The molecule has 3 nitrogen and oxygen atoms in total. The van der Waals surface area contributed by atoms with Crippen molar-refractivity contribution in [1.82, 2.24) is 4.90 Å². The summed E-state index contributed by atoms with van der Waals surface area (Å²) in [5, 5.41) is 2.45. The molecule has 1 aliphatic heterocycles. The second-order valence-corrected chi connectivity index (χ2v) is 14.3. The maximum absolute atomic E-state index is 13.6. The molecule has 0 aromatic heterocycles. The molecule has 0 N–H and O–H groups in total. The van der Waals surface area contributed by atoms with Crippen LogP contribution in [0, 0.1) is 5.41 Å². The normalized spacial score (nSPS) is 17.5. The Balaban J connectivity index is 1.67. The summed E-state index contributed by atoms with van der Waals surface area (Å²) < 4.78 is 7.09. The van der Waals surface area contributed by atoms with Crippen LogP contribution in [0.2, 0.25) is 5.04 Å². The summed E-state index contributed by atoms with van der Waals surface area (Å²) in [4.78, 5) is 15.5. The summed E-state index contributed by atoms with van der Waals surface area (Å²) >= 11 is 0. The molecule has 0 radical (unpaired) electrons. The van der Waals surface area contributed by atoms with E-state index in [1.165, 1.54) is 10.4 Å². The molecule has 2 aromatic carbocycles. The maximum atomic E-state index is 13.6. The summed E-state index contributed by atoms with van der Waals surface area (Å²) in [5.41, 5.74) is -0.629. The quantitative estimate of drug-likeness (QED) is 0.439. The molecule has 0 saturated carbocycles. The third-order valence-corrected chi connectivity index (χ3v) is 11.9. The fourth-order valence-electron chi connectivity index (χ4n) is 5.18. The molecule has 1 heterocycles. The average Bonchev–Trinajstić information content (AvgIpc) is 3.37. The van der Waals surface area contributed by atoms with Gasteiger partial charge in [0.15, 0.2) is 0 Å². The minimum atomic E-state index is -2.62. The van der Waals surface area contributed by atoms with Crippen molar-refractivity contribution >= 4 is 24.6 Å². The van der Waals surface area contributed by atoms with E-state index in [9.17, 15) is 4.79 Å². The molecule has 4 rings (SSSR count). The van der Waals surface area contributed by atoms with Crippen LogP contribution in [0.4, 0.5) is 0 Å². The van der Waals surface area contributed by atoms with E-state index >= 15 is 0 Å². The van der Waals surface area contributed by atoms with Gasteiger partial charge in [-0.15, -0.1) is 0 Å². The van der Waals surface area contributed by atoms with Crippen molar-refractivity contribution < 1.29 is 9.22 Å². The van der Waals surface area contributed by atoms with Crippen molar-refractivity contribution in [2.45, 2.75) is 38.7 Å². The van der Waals surface area contributed by atoms with Crippen LogP contribution >= 0.6 is 0 Å². The van der Waals surface area contributed by atoms with Gasteiger partial charge in [-0.2, -0.15) is 0 Å². The standard InChI is InChI=1S/C29H35NO2Si/c1-28(2,3)33(25-15-7-4-8-16-25,26-17-9-5-10-18-26)32-24-21-29(19-11-6-12-20-29)27(31)30-22-13-14-23-30/h4-5,7-20H,6,21-24H2,1-3H3. The Kier molecular flexibility index (Phi) is 6.87. The second kappa shape index (κ2) is 9.66. The first kappa shape index (κ1) is 23.5. The van der Waals surface area contributed by atoms with Gasteiger partial charge in [0.2, 0.25) is 5.91 Å². The van der Waals surface area contributed by atoms with Crippen LogP contribution in [0.1, 0.15) is 33.6 Å². The van der Waals surface area contributed by atoms with E-state index in [4.69, 9.17) is 4.43 Å². The van der Waals surface area contributed by atoms with Gasteiger partial charge in [0.1, 0.15) is 0 Å². The van der Waals surface area contributed by atoms with Crippen LogP contribution in [0.25, 0.3) is 0 Å². The number of carbonyl (C=O) groups is 1. The van der Waals surface area contributed by atoms with Crippen LogP contribution in [0.3, 0.4) is 0 Å². The lowest BCUT2D eigenvalue weighted by Crippen LogP contribution is -2.66. The molecule has 0 spiro atoms. The number of carbonyl (C=O) groups excluding carboxylic acids is 1. The lowest BCUT2D eigenvalue weighted by atomic mass is 9.80. The van der Waals surface area contributed by atoms with E-state index in [1.807, 2.05) is 4.90 Å². The van der Waals surface area contributed by atoms with Crippen molar-refractivity contribution in [3.05, 3.63) is 97.1 Å². The van der Waals surface area contributed by atoms with Crippen molar-refractivity contribution in [2.75, 3.05) is 19.7 Å². The number of amides is 1. The molecule has 1 amide bonds. The Morgan fingerprint density at radius 2 is 1.39 bits per heavy atom. The fourth-order valence-corrected chi connectivity index (χ4v) is 9.74. The van der Waals surface area contributed by atoms with Crippen molar-refractivity contribution in [2.24, 2.45) is 5.41 Å². The molecule has 4 heteroatoms. The van der Waals surface area contributed by atoms with E-state index in [0.29, 0.717) is 26.1 Å². The Morgan fingerprint density at radius 1 is 0.879 bits per heavy atom. The molecule has 33 heavy (non-hydrogen) atoms. The molecule has 0 saturated heterocycles. The zero-order valence-corrected chi connectivity index (χ0v) is 21.0. The Morgan fingerprint density at radius 3 is 1.88 bits per heavy atom. The monoisotopic (exact) mass is 457 g/mol. The number of benzene rings is 2. The molecule has 0 atom stereocenters. The van der Waals surface area contributed by atoms with E-state index < -0.39 is 13.7 Å². The SMILES string of the molecule is CC(C)(C)[Si](OCCC1(C(=O)N2CC=CC2)C=CCC=C1)(c1ccccc1)c1ccccc1. The van der Waals surface area contributed by atoms with Crippen molar-refractivity contribution in [3.63, 3.8) is 0 Å². The fraction of sp³-hybridized carbons (Fsp3) is 0.345. The van der Waals surface area contributed by atoms with Crippen LogP contribution < -0.4 is 10.4 Å². The molecule has 2 aliphatic rings. The van der Waals surface area contributed by atoms with Gasteiger partial charge in [0.05, 0.1) is 5.41 Å². The van der Waals surface area contributed by atoms with Gasteiger partial charge in [-0.25, -0.2) is 0 Å². The molecule has 2 aromatic rings. The maximum Gasteiger partial charge on any atom is 0.261 e. The Hall–Kier alpha value is -2.69. The first-order valence-corrected chi connectivity index (χ1v) is 13.8. The topological polar surface area (TPSA) is 29.5 Å². The van der Waals surface area contributed by atoms with Gasteiger partial charge >= 0.3 is 0 Å². The molecular formula is C29H35NO2Si.